The Labute approximate surface area is 141 Å². The molecule has 2 rings (SSSR count). The van der Waals surface area contributed by atoms with E-state index in [4.69, 9.17) is 4.74 Å². The van der Waals surface area contributed by atoms with Gasteiger partial charge in [-0.25, -0.2) is 0 Å². The van der Waals surface area contributed by atoms with Gasteiger partial charge in [-0.1, -0.05) is 36.9 Å². The molecule has 0 aliphatic rings. The second kappa shape index (κ2) is 7.55. The molecule has 0 aliphatic heterocycles. The lowest BCUT2D eigenvalue weighted by Gasteiger charge is -2.09. The number of aromatic nitrogens is 4. The molecule has 0 fully saturated rings. The lowest BCUT2D eigenvalue weighted by Crippen LogP contribution is -2.23. The molecule has 2 heterocycles. The molecule has 2 N–H and O–H groups in total. The van der Waals surface area contributed by atoms with E-state index in [9.17, 15) is 9.59 Å². The van der Waals surface area contributed by atoms with Crippen LogP contribution >= 0.6 is 23.1 Å². The smallest absolute Gasteiger partial charge is 0.255 e. The van der Waals surface area contributed by atoms with Crippen molar-refractivity contribution in [3.63, 3.8) is 0 Å². The standard InChI is InChI=1S/C13H17N5O3S2/c1-6(2)11-17-18-13(23-11)16-10(20)7(3)22-12-14-8(19)5-9(15-12)21-4/h5-7H,1-4H3,(H,14,15,19)(H,16,18,20)/t7-/m0/s1. The molecule has 0 aliphatic carbocycles. The van der Waals surface area contributed by atoms with E-state index in [1.165, 1.54) is 24.5 Å². The molecule has 0 radical (unpaired) electrons. The number of aromatic amines is 1. The lowest BCUT2D eigenvalue weighted by atomic mass is 10.2. The molecule has 23 heavy (non-hydrogen) atoms. The highest BCUT2D eigenvalue weighted by Gasteiger charge is 2.18. The first-order chi connectivity index (χ1) is 10.9. The fourth-order valence-electron chi connectivity index (χ4n) is 1.52. The molecule has 124 valence electrons. The summed E-state index contributed by atoms with van der Waals surface area (Å²) >= 11 is 2.47. The maximum Gasteiger partial charge on any atom is 0.255 e. The first-order valence-electron chi connectivity index (χ1n) is 6.85. The van der Waals surface area contributed by atoms with E-state index in [1.54, 1.807) is 6.92 Å². The van der Waals surface area contributed by atoms with Gasteiger partial charge < -0.3 is 9.72 Å². The largest absolute Gasteiger partial charge is 0.481 e. The first kappa shape index (κ1) is 17.4. The van der Waals surface area contributed by atoms with E-state index in [1.807, 2.05) is 13.8 Å². The Balaban J connectivity index is 2.02. The van der Waals surface area contributed by atoms with Crippen LogP contribution in [0.4, 0.5) is 5.13 Å². The summed E-state index contributed by atoms with van der Waals surface area (Å²) in [5.41, 5.74) is -0.336. The number of anilines is 1. The van der Waals surface area contributed by atoms with Crippen LogP contribution in [-0.2, 0) is 4.79 Å². The third-order valence-corrected chi connectivity index (χ3v) is 4.85. The highest BCUT2D eigenvalue weighted by atomic mass is 32.2. The number of rotatable bonds is 6. The van der Waals surface area contributed by atoms with Crippen LogP contribution in [0.25, 0.3) is 0 Å². The van der Waals surface area contributed by atoms with Gasteiger partial charge in [-0.15, -0.1) is 10.2 Å². The molecule has 1 atom stereocenters. The van der Waals surface area contributed by atoms with Gasteiger partial charge in [0, 0.05) is 5.92 Å². The summed E-state index contributed by atoms with van der Waals surface area (Å²) < 4.78 is 4.94. The number of hydrogen-bond donors (Lipinski definition) is 2. The second-order valence-electron chi connectivity index (χ2n) is 4.94. The Morgan fingerprint density at radius 3 is 2.74 bits per heavy atom. The Kier molecular flexibility index (Phi) is 5.72. The number of methoxy groups -OCH3 is 1. The third-order valence-electron chi connectivity index (χ3n) is 2.73. The average Bonchev–Trinajstić information content (AvgIpc) is 2.95. The van der Waals surface area contributed by atoms with Crippen molar-refractivity contribution in [1.29, 1.82) is 0 Å². The second-order valence-corrected chi connectivity index (χ2v) is 7.28. The lowest BCUT2D eigenvalue weighted by molar-refractivity contribution is -0.115. The number of carbonyl (C=O) groups is 1. The van der Waals surface area contributed by atoms with Gasteiger partial charge in [-0.05, 0) is 6.92 Å². The molecule has 0 unspecified atom stereocenters. The predicted octanol–water partition coefficient (Wildman–Crippen LogP) is 1.87. The molecule has 0 spiro atoms. The van der Waals surface area contributed by atoms with E-state index in [-0.39, 0.29) is 23.3 Å². The van der Waals surface area contributed by atoms with Crippen molar-refractivity contribution in [2.45, 2.75) is 37.1 Å². The van der Waals surface area contributed by atoms with Gasteiger partial charge in [-0.2, -0.15) is 4.98 Å². The minimum Gasteiger partial charge on any atom is -0.481 e. The van der Waals surface area contributed by atoms with Gasteiger partial charge in [0.25, 0.3) is 5.56 Å². The topological polar surface area (TPSA) is 110 Å². The van der Waals surface area contributed by atoms with E-state index in [0.29, 0.717) is 10.3 Å². The number of ether oxygens (including phenoxy) is 1. The van der Waals surface area contributed by atoms with E-state index >= 15 is 0 Å². The molecule has 2 aromatic rings. The maximum atomic E-state index is 12.2. The van der Waals surface area contributed by atoms with Crippen molar-refractivity contribution in [3.05, 3.63) is 21.4 Å². The monoisotopic (exact) mass is 355 g/mol. The first-order valence-corrected chi connectivity index (χ1v) is 8.55. The van der Waals surface area contributed by atoms with Crippen LogP contribution in [0.15, 0.2) is 16.0 Å². The summed E-state index contributed by atoms with van der Waals surface area (Å²) in [5.74, 6) is 0.220. The van der Waals surface area contributed by atoms with Crippen LogP contribution in [0.3, 0.4) is 0 Å². The van der Waals surface area contributed by atoms with Crippen molar-refractivity contribution < 1.29 is 9.53 Å². The summed E-state index contributed by atoms with van der Waals surface area (Å²) in [6, 6.07) is 1.24. The summed E-state index contributed by atoms with van der Waals surface area (Å²) in [6.45, 7) is 5.73. The molecule has 2 aromatic heterocycles. The minimum atomic E-state index is -0.475. The van der Waals surface area contributed by atoms with E-state index in [0.717, 1.165) is 16.8 Å². The van der Waals surface area contributed by atoms with Crippen LogP contribution in [0, 0.1) is 0 Å². The number of hydrogen-bond acceptors (Lipinski definition) is 8. The number of amides is 1. The summed E-state index contributed by atoms with van der Waals surface area (Å²) in [6.07, 6.45) is 0. The summed E-state index contributed by atoms with van der Waals surface area (Å²) in [4.78, 5) is 30.3. The number of nitrogens with one attached hydrogen (secondary N) is 2. The van der Waals surface area contributed by atoms with Crippen molar-refractivity contribution in [2.24, 2.45) is 0 Å². The van der Waals surface area contributed by atoms with Crippen LogP contribution in [0.2, 0.25) is 0 Å². The van der Waals surface area contributed by atoms with Crippen LogP contribution in [0.1, 0.15) is 31.7 Å². The Hall–Kier alpha value is -1.94. The van der Waals surface area contributed by atoms with Gasteiger partial charge in [0.1, 0.15) is 5.01 Å². The summed E-state index contributed by atoms with van der Waals surface area (Å²) in [5, 5.41) is 11.8. The molecule has 0 saturated carbocycles. The number of H-pyrrole nitrogens is 1. The van der Waals surface area contributed by atoms with Crippen molar-refractivity contribution in [1.82, 2.24) is 20.2 Å². The zero-order chi connectivity index (χ0) is 17.0. The zero-order valence-electron chi connectivity index (χ0n) is 13.1. The van der Waals surface area contributed by atoms with E-state index in [2.05, 4.69) is 25.5 Å². The fourth-order valence-corrected chi connectivity index (χ4v) is 3.07. The molecule has 0 aromatic carbocycles. The third kappa shape index (κ3) is 4.76. The Morgan fingerprint density at radius 2 is 2.13 bits per heavy atom. The zero-order valence-corrected chi connectivity index (χ0v) is 14.7. The van der Waals surface area contributed by atoms with Crippen LogP contribution in [-0.4, -0.2) is 38.4 Å². The molecular formula is C13H17N5O3S2. The highest BCUT2D eigenvalue weighted by molar-refractivity contribution is 8.00. The quantitative estimate of drug-likeness (QED) is 0.601. The Bertz CT molecular complexity index is 743. The predicted molar refractivity (Wildman–Crippen MR) is 89.4 cm³/mol. The van der Waals surface area contributed by atoms with Gasteiger partial charge in [-0.3, -0.25) is 14.9 Å². The highest BCUT2D eigenvalue weighted by Crippen LogP contribution is 2.24. The average molecular weight is 355 g/mol. The van der Waals surface area contributed by atoms with Gasteiger partial charge in [0.2, 0.25) is 16.9 Å². The van der Waals surface area contributed by atoms with Crippen molar-refractivity contribution >= 4 is 34.1 Å². The van der Waals surface area contributed by atoms with Gasteiger partial charge in [0.15, 0.2) is 5.16 Å². The van der Waals surface area contributed by atoms with Crippen molar-refractivity contribution in [2.75, 3.05) is 12.4 Å². The van der Waals surface area contributed by atoms with Gasteiger partial charge >= 0.3 is 0 Å². The number of carbonyl (C=O) groups excluding carboxylic acids is 1. The molecule has 1 amide bonds. The van der Waals surface area contributed by atoms with Crippen LogP contribution < -0.4 is 15.6 Å². The molecule has 8 nitrogen and oxygen atoms in total. The normalized spacial score (nSPS) is 12.2. The van der Waals surface area contributed by atoms with Crippen molar-refractivity contribution in [3.8, 4) is 5.88 Å². The number of thioether (sulfide) groups is 1. The molecule has 0 bridgehead atoms. The SMILES string of the molecule is COc1cc(=O)[nH]c(S[C@@H](C)C(=O)Nc2nnc(C(C)C)s2)n1. The van der Waals surface area contributed by atoms with Crippen LogP contribution in [0.5, 0.6) is 5.88 Å². The molecule has 0 saturated heterocycles. The molecular weight excluding hydrogens is 338 g/mol. The maximum absolute atomic E-state index is 12.2. The summed E-state index contributed by atoms with van der Waals surface area (Å²) in [7, 11) is 1.42. The van der Waals surface area contributed by atoms with Gasteiger partial charge in [0.05, 0.1) is 18.4 Å². The number of nitrogens with zero attached hydrogens (tertiary/aromatic N) is 3. The molecule has 10 heteroatoms. The fraction of sp³-hybridized carbons (Fsp3) is 0.462. The van der Waals surface area contributed by atoms with E-state index < -0.39 is 5.25 Å². The minimum absolute atomic E-state index is 0.203. The Morgan fingerprint density at radius 1 is 1.39 bits per heavy atom.